The van der Waals surface area contributed by atoms with Gasteiger partial charge in [-0.25, -0.2) is 26.5 Å². The number of likely N-dealkylation sites (tertiary alicyclic amines) is 2. The molecular weight excluding hydrogens is 1640 g/mol. The molecule has 0 radical (unpaired) electrons. The quantitative estimate of drug-likeness (QED) is 0.0238. The highest BCUT2D eigenvalue weighted by molar-refractivity contribution is 7.91. The van der Waals surface area contributed by atoms with E-state index in [1.165, 1.54) is 16.8 Å². The highest BCUT2D eigenvalue weighted by Gasteiger charge is 2.63. The third-order valence-corrected chi connectivity index (χ3v) is 29.0. The number of aromatic amines is 2. The second kappa shape index (κ2) is 34.6. The minimum Gasteiger partial charge on any atom is -0.505 e. The number of carbonyl (C=O) groups is 5. The number of piperazine rings is 1. The first kappa shape index (κ1) is 86.7. The van der Waals surface area contributed by atoms with Crippen molar-refractivity contribution in [2.24, 2.45) is 27.8 Å². The molecule has 126 heavy (non-hydrogen) atoms. The Bertz CT molecular complexity index is 6620. The number of imidazole rings is 1. The van der Waals surface area contributed by atoms with Gasteiger partial charge in [0.15, 0.2) is 27.2 Å². The van der Waals surface area contributed by atoms with Gasteiger partial charge in [-0.15, -0.1) is 0 Å². The molecule has 2 spiro atoms. The van der Waals surface area contributed by atoms with Gasteiger partial charge in [-0.3, -0.25) is 39.8 Å². The maximum absolute atomic E-state index is 13.6. The van der Waals surface area contributed by atoms with Crippen molar-refractivity contribution in [2.45, 2.75) is 106 Å². The van der Waals surface area contributed by atoms with Gasteiger partial charge >= 0.3 is 0 Å². The van der Waals surface area contributed by atoms with E-state index in [0.717, 1.165) is 91.2 Å². The highest BCUT2D eigenvalue weighted by atomic mass is 32.2. The largest absolute Gasteiger partial charge is 0.505 e. The van der Waals surface area contributed by atoms with E-state index in [2.05, 4.69) is 54.0 Å². The number of aliphatic hydroxyl groups is 1. The molecule has 7 aliphatic heterocycles. The molecule has 4 amide bonds. The zero-order chi connectivity index (χ0) is 88.9. The molecule has 12 aromatic rings. The van der Waals surface area contributed by atoms with E-state index in [9.17, 15) is 45.9 Å². The van der Waals surface area contributed by atoms with Crippen molar-refractivity contribution in [3.63, 3.8) is 0 Å². The lowest BCUT2D eigenvalue weighted by Crippen LogP contribution is -2.65. The van der Waals surface area contributed by atoms with E-state index in [-0.39, 0.29) is 94.0 Å². The number of aromatic nitrogens is 6. The number of hydrogen-bond acceptors (Lipinski definition) is 18. The van der Waals surface area contributed by atoms with Gasteiger partial charge in [-0.1, -0.05) is 114 Å². The third kappa shape index (κ3) is 17.3. The predicted molar refractivity (Wildman–Crippen MR) is 482 cm³/mol. The van der Waals surface area contributed by atoms with Crippen LogP contribution in [0.2, 0.25) is 0 Å². The van der Waals surface area contributed by atoms with Crippen molar-refractivity contribution in [3.05, 3.63) is 257 Å². The summed E-state index contributed by atoms with van der Waals surface area (Å²) in [6.07, 6.45) is 6.50. The van der Waals surface area contributed by atoms with Crippen LogP contribution in [0.4, 0.5) is 0 Å². The van der Waals surface area contributed by atoms with Crippen molar-refractivity contribution in [2.75, 3.05) is 92.1 Å². The Hall–Kier alpha value is -12.8. The van der Waals surface area contributed by atoms with Crippen LogP contribution in [0.3, 0.4) is 0 Å². The fourth-order valence-electron chi connectivity index (χ4n) is 19.0. The number of allylic oxidation sites excluding steroid dienone is 1. The van der Waals surface area contributed by atoms with Gasteiger partial charge in [0, 0.05) is 107 Å². The van der Waals surface area contributed by atoms with Crippen molar-refractivity contribution in [1.82, 2.24) is 53.2 Å². The lowest BCUT2D eigenvalue weighted by molar-refractivity contribution is -0.197. The van der Waals surface area contributed by atoms with Gasteiger partial charge in [-0.2, -0.15) is 9.40 Å². The summed E-state index contributed by atoms with van der Waals surface area (Å²) in [7, 11) is -4.47. The van der Waals surface area contributed by atoms with Crippen LogP contribution >= 0.6 is 0 Å². The molecule has 31 heteroatoms. The SMILES string of the molecule is COCC12CN(S(=O)(=O)c3cc4cc(C)ccc4[nH]3)CC(=O)N1CC1(CCN(C(C)=O)CC1)O2.COC[C@@]12CC(CS(=O)(=O)c3ccc4cc(C)ccc4c3)C(=O)N1CC1(CCN(C(C)=O)CC1)C2.Cc1cc(C(=O)Cc2ccc(-n3ccc4ccccc43)cc2)n(-c2cccc(C(=N)N)c2)n1.N=C(N)c1ccc2nc(C3=NCC(c4ccccc4)=C3O)[nH]c2c1. The number of piperidine rings is 2. The molecule has 19 rings (SSSR count). The number of Topliss-reactive ketones (excluding diaryl/α,β-unsaturated/α-hetero) is 1. The Morgan fingerprint density at radius 3 is 2.02 bits per heavy atom. The number of ketones is 1. The van der Waals surface area contributed by atoms with Gasteiger partial charge in [0.05, 0.1) is 95.0 Å². The van der Waals surface area contributed by atoms with E-state index in [0.29, 0.717) is 111 Å². The number of sulfonamides is 1. The second-order valence-electron chi connectivity index (χ2n) is 34.3. The fourth-order valence-corrected chi connectivity index (χ4v) is 22.1. The lowest BCUT2D eigenvalue weighted by atomic mass is 9.72. The number of hydrogen-bond donors (Lipinski definition) is 7. The Kier molecular flexibility index (Phi) is 23.8. The van der Waals surface area contributed by atoms with Gasteiger partial charge in [0.1, 0.15) is 33.9 Å². The van der Waals surface area contributed by atoms with Gasteiger partial charge in [0.25, 0.3) is 10.0 Å². The van der Waals surface area contributed by atoms with Crippen LogP contribution in [0.25, 0.3) is 60.6 Å². The van der Waals surface area contributed by atoms with Gasteiger partial charge in [0.2, 0.25) is 23.6 Å². The average Bonchev–Trinajstić information content (AvgIpc) is 1.56. The number of amides is 4. The molecule has 6 fully saturated rings. The molecule has 6 saturated heterocycles. The number of sulfone groups is 1. The minimum atomic E-state index is -3.99. The number of rotatable bonds is 18. The number of benzene rings is 8. The maximum Gasteiger partial charge on any atom is 0.259 e. The van der Waals surface area contributed by atoms with Gasteiger partial charge in [-0.05, 0) is 183 Å². The normalized spacial score (nSPS) is 19.7. The molecule has 0 bridgehead atoms. The number of para-hydroxylation sites is 1. The maximum atomic E-state index is 13.6. The fraction of sp³-hybridized carbons (Fsp3) is 0.326. The molecule has 0 aliphatic carbocycles. The van der Waals surface area contributed by atoms with Crippen LogP contribution in [0.15, 0.2) is 221 Å². The van der Waals surface area contributed by atoms with Crippen LogP contribution in [-0.2, 0) is 59.7 Å². The number of ether oxygens (including phenoxy) is 3. The molecule has 4 aromatic heterocycles. The molecule has 652 valence electrons. The molecule has 0 saturated carbocycles. The number of aliphatic hydroxyl groups excluding tert-OH is 1. The number of aliphatic imine (C=N–C) groups is 1. The number of nitrogens with zero attached hydrogens (tertiary/aromatic N) is 10. The van der Waals surface area contributed by atoms with Crippen molar-refractivity contribution >= 4 is 116 Å². The first-order valence-corrected chi connectivity index (χ1v) is 45.1. The topological polar surface area (TPSA) is 397 Å². The lowest BCUT2D eigenvalue weighted by Gasteiger charge is -2.44. The monoisotopic (exact) mass is 1740 g/mol. The number of aryl methyl sites for hydroxylation is 3. The Morgan fingerprint density at radius 1 is 0.643 bits per heavy atom. The number of nitrogens with one attached hydrogen (secondary N) is 4. The first-order chi connectivity index (χ1) is 60.3. The number of H-pyrrole nitrogens is 2. The molecule has 8 aromatic carbocycles. The number of methoxy groups -OCH3 is 2. The Balaban J connectivity index is 0.000000125. The summed E-state index contributed by atoms with van der Waals surface area (Å²) in [5.74, 6) is -0.435. The molecule has 9 N–H and O–H groups in total. The van der Waals surface area contributed by atoms with E-state index in [1.54, 1.807) is 96.1 Å². The van der Waals surface area contributed by atoms with Crippen LogP contribution < -0.4 is 11.5 Å². The van der Waals surface area contributed by atoms with Crippen LogP contribution in [0.5, 0.6) is 0 Å². The Morgan fingerprint density at radius 2 is 1.31 bits per heavy atom. The zero-order valence-electron chi connectivity index (χ0n) is 71.4. The summed E-state index contributed by atoms with van der Waals surface area (Å²) in [6.45, 7) is 13.0. The summed E-state index contributed by atoms with van der Waals surface area (Å²) >= 11 is 0. The molecular formula is C95H102N16O13S2. The van der Waals surface area contributed by atoms with Gasteiger partial charge < -0.3 is 64.9 Å². The smallest absolute Gasteiger partial charge is 0.259 e. The van der Waals surface area contributed by atoms with Crippen molar-refractivity contribution in [3.8, 4) is 11.4 Å². The number of nitrogen functional groups attached to an aromatic ring is 2. The van der Waals surface area contributed by atoms with Crippen molar-refractivity contribution < 1.29 is 60.1 Å². The standard InChI is InChI=1S/C27H23N5O.C27H34N2O5S.C23H30N4O6S.C18H15N5O/c1-18-15-25(32(30-18)23-7-4-6-21(17-23)27(28)29)26(33)16-19-9-11-22(12-10-19)31-14-13-20-5-2-3-8-24(20)31;1-19-4-5-22-13-24(7-6-21(22)12-19)35(32,33)15-23-14-27(18-34-3)16-26(17-29(27)25(23)31)8-10-28(11-9-26)20(2)30;1-16-4-5-19-18(10-16)11-20(24-19)34(30,31)26-12-21(29)27-13-22(33-23(27,14-26)15-32-3)6-8-25(9-7-22)17(2)28;19-17(20)11-6-7-13-14(8-11)23-18(22-13)15-16(24)12(9-21-15)10-4-2-1-3-5-10/h2-15,17H,16H2,1H3,(H3,28,29);4-7,12-13,23H,8-11,14-18H2,1-3H3;4-5,10-11,24H,6-9,12-15H2,1-3H3;1-8,24H,9H2,(H3,19,20)(H,22,23)/t;23?,27-;;/m.0../s1. The molecule has 29 nitrogen and oxygen atoms in total. The van der Waals surface area contributed by atoms with Crippen LogP contribution in [0, 0.1) is 42.9 Å². The third-order valence-electron chi connectivity index (χ3n) is 25.4. The first-order valence-electron chi connectivity index (χ1n) is 42.0. The number of nitrogens with two attached hydrogens (primary N) is 2. The van der Waals surface area contributed by atoms with E-state index < -0.39 is 42.6 Å². The summed E-state index contributed by atoms with van der Waals surface area (Å²) in [5, 5.41) is 34.2. The summed E-state index contributed by atoms with van der Waals surface area (Å²) < 4.78 is 76.5. The van der Waals surface area contributed by atoms with E-state index >= 15 is 0 Å². The number of fused-ring (bicyclic) bond motifs is 6. The molecule has 2 unspecified atom stereocenters. The molecule has 3 atom stereocenters. The average molecular weight is 1740 g/mol. The number of amidine groups is 2. The molecule has 7 aliphatic rings. The second-order valence-corrected chi connectivity index (χ2v) is 38.2. The predicted octanol–water partition coefficient (Wildman–Crippen LogP) is 11.7. The van der Waals surface area contributed by atoms with Crippen LogP contribution in [-0.4, -0.2) is 231 Å². The summed E-state index contributed by atoms with van der Waals surface area (Å²) in [4.78, 5) is 86.1. The van der Waals surface area contributed by atoms with E-state index in [1.807, 2.05) is 146 Å². The number of carbonyl (C=O) groups excluding carboxylic acids is 5. The minimum absolute atomic E-state index is 0.000337. The zero-order valence-corrected chi connectivity index (χ0v) is 73.0. The van der Waals surface area contributed by atoms with Crippen molar-refractivity contribution in [1.29, 1.82) is 10.8 Å². The molecule has 11 heterocycles. The van der Waals surface area contributed by atoms with Crippen LogP contribution in [0.1, 0.15) is 108 Å². The highest BCUT2D eigenvalue weighted by Crippen LogP contribution is 2.55. The summed E-state index contributed by atoms with van der Waals surface area (Å²) in [5.41, 5.74) is 21.7. The Labute approximate surface area is 730 Å². The summed E-state index contributed by atoms with van der Waals surface area (Å²) in [6, 6.07) is 60.8. The van der Waals surface area contributed by atoms with E-state index in [4.69, 9.17) is 36.5 Å².